The number of benzene rings is 2. The molecule has 0 saturated heterocycles. The number of carbonyl (C=O) groups is 1. The fourth-order valence-corrected chi connectivity index (χ4v) is 2.16. The number of methoxy groups -OCH3 is 1. The third-order valence-electron chi connectivity index (χ3n) is 3.43. The van der Waals surface area contributed by atoms with Crippen LogP contribution in [-0.2, 0) is 11.4 Å². The molecule has 0 aromatic heterocycles. The summed E-state index contributed by atoms with van der Waals surface area (Å²) >= 11 is 0. The van der Waals surface area contributed by atoms with Crippen molar-refractivity contribution < 1.29 is 28.7 Å². The molecule has 0 aliphatic carbocycles. The summed E-state index contributed by atoms with van der Waals surface area (Å²) in [6.45, 7) is -0.201. The smallest absolute Gasteiger partial charge is 0.325 e. The first-order chi connectivity index (χ1) is 11.8. The van der Waals surface area contributed by atoms with Gasteiger partial charge in [0.05, 0.1) is 12.0 Å². The van der Waals surface area contributed by atoms with E-state index in [2.05, 4.69) is 0 Å². The number of carboxylic acid groups (broad SMARTS) is 1. The summed E-state index contributed by atoms with van der Waals surface area (Å²) < 4.78 is 23.8. The number of nitrogens with two attached hydrogens (primary N) is 1. The first-order valence-electron chi connectivity index (χ1n) is 7.05. The van der Waals surface area contributed by atoms with E-state index >= 15 is 0 Å². The highest BCUT2D eigenvalue weighted by atomic mass is 19.1. The molecule has 1 atom stereocenters. The number of hydrogen-bond donors (Lipinski definition) is 2. The standard InChI is InChI=1S/C16H15FN2O6/c1-24-13-5-2-9(15(18)16(20)21)6-10(13)8-25-14-7-11(17)3-4-12(14)19(22)23/h2-7,15H,8,18H2,1H3,(H,20,21)/t15-/m0/s1. The first kappa shape index (κ1) is 18.1. The molecule has 0 spiro atoms. The van der Waals surface area contributed by atoms with Gasteiger partial charge < -0.3 is 20.3 Å². The molecule has 132 valence electrons. The molecule has 2 rings (SSSR count). The fraction of sp³-hybridized carbons (Fsp3) is 0.188. The lowest BCUT2D eigenvalue weighted by Gasteiger charge is -2.14. The summed E-state index contributed by atoms with van der Waals surface area (Å²) in [5.41, 5.74) is 5.90. The first-order valence-corrected chi connectivity index (χ1v) is 7.05. The van der Waals surface area contributed by atoms with Crippen molar-refractivity contribution in [3.05, 3.63) is 63.5 Å². The molecule has 0 aliphatic rings. The highest BCUT2D eigenvalue weighted by molar-refractivity contribution is 5.75. The molecule has 0 fully saturated rings. The third-order valence-corrected chi connectivity index (χ3v) is 3.43. The van der Waals surface area contributed by atoms with Crippen LogP contribution >= 0.6 is 0 Å². The van der Waals surface area contributed by atoms with Crippen LogP contribution in [0.5, 0.6) is 11.5 Å². The van der Waals surface area contributed by atoms with Crippen molar-refractivity contribution in [3.63, 3.8) is 0 Å². The Morgan fingerprint density at radius 1 is 1.32 bits per heavy atom. The zero-order valence-corrected chi connectivity index (χ0v) is 13.1. The Hall–Kier alpha value is -3.20. The molecule has 0 heterocycles. The van der Waals surface area contributed by atoms with Crippen LogP contribution in [0, 0.1) is 15.9 Å². The van der Waals surface area contributed by atoms with Gasteiger partial charge in [-0.25, -0.2) is 4.39 Å². The van der Waals surface area contributed by atoms with Crippen molar-refractivity contribution in [1.29, 1.82) is 0 Å². The van der Waals surface area contributed by atoms with Crippen LogP contribution in [0.2, 0.25) is 0 Å². The van der Waals surface area contributed by atoms with E-state index in [4.69, 9.17) is 20.3 Å². The average molecular weight is 350 g/mol. The van der Waals surface area contributed by atoms with E-state index in [0.29, 0.717) is 16.9 Å². The van der Waals surface area contributed by atoms with Crippen molar-refractivity contribution in [3.8, 4) is 11.5 Å². The molecular weight excluding hydrogens is 335 g/mol. The van der Waals surface area contributed by atoms with Gasteiger partial charge in [0.2, 0.25) is 0 Å². The van der Waals surface area contributed by atoms with E-state index in [9.17, 15) is 19.3 Å². The Balaban J connectivity index is 2.31. The Morgan fingerprint density at radius 2 is 2.04 bits per heavy atom. The molecular formula is C16H15FN2O6. The van der Waals surface area contributed by atoms with Crippen molar-refractivity contribution in [1.82, 2.24) is 0 Å². The van der Waals surface area contributed by atoms with E-state index in [1.807, 2.05) is 0 Å². The van der Waals surface area contributed by atoms with Gasteiger partial charge in [-0.3, -0.25) is 14.9 Å². The molecule has 0 bridgehead atoms. The minimum atomic E-state index is -1.24. The Kier molecular flexibility index (Phi) is 5.50. The lowest BCUT2D eigenvalue weighted by molar-refractivity contribution is -0.386. The van der Waals surface area contributed by atoms with E-state index in [0.717, 1.165) is 18.2 Å². The molecule has 3 N–H and O–H groups in total. The summed E-state index contributed by atoms with van der Waals surface area (Å²) in [5.74, 6) is -1.77. The van der Waals surface area contributed by atoms with Crippen molar-refractivity contribution in [2.45, 2.75) is 12.6 Å². The van der Waals surface area contributed by atoms with E-state index < -0.39 is 28.4 Å². The molecule has 0 saturated carbocycles. The number of rotatable bonds is 7. The van der Waals surface area contributed by atoms with Gasteiger partial charge in [-0.2, -0.15) is 0 Å². The second-order valence-electron chi connectivity index (χ2n) is 5.05. The molecule has 0 aliphatic heterocycles. The predicted octanol–water partition coefficient (Wildman–Crippen LogP) is 2.41. The number of nitro benzene ring substituents is 1. The van der Waals surface area contributed by atoms with Crippen LogP contribution in [-0.4, -0.2) is 23.1 Å². The molecule has 0 radical (unpaired) electrons. The van der Waals surface area contributed by atoms with E-state index in [1.165, 1.54) is 25.3 Å². The van der Waals surface area contributed by atoms with Gasteiger partial charge in [-0.05, 0) is 23.8 Å². The maximum absolute atomic E-state index is 13.3. The second kappa shape index (κ2) is 7.58. The third kappa shape index (κ3) is 4.21. The zero-order chi connectivity index (χ0) is 18.6. The topological polar surface area (TPSA) is 125 Å². The number of nitrogens with zero attached hydrogens (tertiary/aromatic N) is 1. The Morgan fingerprint density at radius 3 is 2.64 bits per heavy atom. The highest BCUT2D eigenvalue weighted by Gasteiger charge is 2.19. The van der Waals surface area contributed by atoms with Crippen molar-refractivity contribution in [2.24, 2.45) is 5.73 Å². The van der Waals surface area contributed by atoms with Gasteiger partial charge >= 0.3 is 11.7 Å². The quantitative estimate of drug-likeness (QED) is 0.580. The summed E-state index contributed by atoms with van der Waals surface area (Å²) in [7, 11) is 1.40. The number of hydrogen-bond acceptors (Lipinski definition) is 6. The molecule has 8 nitrogen and oxygen atoms in total. The number of ether oxygens (including phenoxy) is 2. The summed E-state index contributed by atoms with van der Waals surface area (Å²) in [4.78, 5) is 21.3. The number of carboxylic acids is 1. The minimum Gasteiger partial charge on any atom is -0.496 e. The van der Waals surface area contributed by atoms with Crippen molar-refractivity contribution >= 4 is 11.7 Å². The van der Waals surface area contributed by atoms with E-state index in [1.54, 1.807) is 0 Å². The predicted molar refractivity (Wildman–Crippen MR) is 84.9 cm³/mol. The lowest BCUT2D eigenvalue weighted by Crippen LogP contribution is -2.20. The van der Waals surface area contributed by atoms with Crippen LogP contribution in [0.3, 0.4) is 0 Å². The summed E-state index contributed by atoms with van der Waals surface area (Å²) in [5, 5.41) is 20.0. The van der Waals surface area contributed by atoms with Crippen LogP contribution in [0.1, 0.15) is 17.2 Å². The molecule has 0 unspecified atom stereocenters. The van der Waals surface area contributed by atoms with Crippen LogP contribution in [0.15, 0.2) is 36.4 Å². The normalized spacial score (nSPS) is 11.6. The van der Waals surface area contributed by atoms with Crippen LogP contribution < -0.4 is 15.2 Å². The van der Waals surface area contributed by atoms with Gasteiger partial charge in [-0.1, -0.05) is 6.07 Å². The summed E-state index contributed by atoms with van der Waals surface area (Å²) in [6.07, 6.45) is 0. The molecule has 9 heteroatoms. The Labute approximate surface area is 141 Å². The fourth-order valence-electron chi connectivity index (χ4n) is 2.16. The van der Waals surface area contributed by atoms with Gasteiger partial charge in [0.25, 0.3) is 0 Å². The van der Waals surface area contributed by atoms with Gasteiger partial charge in [0, 0.05) is 17.7 Å². The highest BCUT2D eigenvalue weighted by Crippen LogP contribution is 2.30. The largest absolute Gasteiger partial charge is 0.496 e. The van der Waals surface area contributed by atoms with Crippen molar-refractivity contribution in [2.75, 3.05) is 7.11 Å². The van der Waals surface area contributed by atoms with Crippen LogP contribution in [0.4, 0.5) is 10.1 Å². The van der Waals surface area contributed by atoms with Gasteiger partial charge in [0.1, 0.15) is 24.2 Å². The monoisotopic (exact) mass is 350 g/mol. The molecule has 2 aromatic rings. The number of aliphatic carboxylic acids is 1. The number of nitro groups is 1. The van der Waals surface area contributed by atoms with Crippen LogP contribution in [0.25, 0.3) is 0 Å². The molecule has 2 aromatic carbocycles. The SMILES string of the molecule is COc1ccc([C@H](N)C(=O)O)cc1COc1cc(F)ccc1[N+](=O)[O-]. The maximum Gasteiger partial charge on any atom is 0.325 e. The zero-order valence-electron chi connectivity index (χ0n) is 13.1. The van der Waals surface area contributed by atoms with Gasteiger partial charge in [-0.15, -0.1) is 0 Å². The summed E-state index contributed by atoms with van der Waals surface area (Å²) in [6, 6.07) is 6.08. The van der Waals surface area contributed by atoms with Gasteiger partial charge in [0.15, 0.2) is 5.75 Å². The average Bonchev–Trinajstić information content (AvgIpc) is 2.58. The second-order valence-corrected chi connectivity index (χ2v) is 5.05. The lowest BCUT2D eigenvalue weighted by atomic mass is 10.0. The molecule has 0 amide bonds. The van der Waals surface area contributed by atoms with E-state index in [-0.39, 0.29) is 12.4 Å². The maximum atomic E-state index is 13.3. The molecule has 25 heavy (non-hydrogen) atoms. The minimum absolute atomic E-state index is 0.201. The number of halogens is 1. The Bertz CT molecular complexity index is 811.